The van der Waals surface area contributed by atoms with Gasteiger partial charge in [-0.15, -0.1) is 0 Å². The number of morpholine rings is 2. The smallest absolute Gasteiger partial charge is 0.339 e. The van der Waals surface area contributed by atoms with E-state index < -0.39 is 5.97 Å². The van der Waals surface area contributed by atoms with Crippen LogP contribution < -0.4 is 15.5 Å². The van der Waals surface area contributed by atoms with Crippen LogP contribution in [0.3, 0.4) is 0 Å². The summed E-state index contributed by atoms with van der Waals surface area (Å²) in [7, 11) is 1.32. The van der Waals surface area contributed by atoms with Crippen molar-refractivity contribution in [3.05, 3.63) is 118 Å². The van der Waals surface area contributed by atoms with Crippen LogP contribution >= 0.6 is 23.2 Å². The fourth-order valence-corrected chi connectivity index (χ4v) is 5.93. The molecule has 14 nitrogen and oxygen atoms in total. The molecule has 4 aromatic rings. The van der Waals surface area contributed by atoms with Crippen molar-refractivity contribution in [3.63, 3.8) is 0 Å². The lowest BCUT2D eigenvalue weighted by molar-refractivity contribution is 0.0548. The summed E-state index contributed by atoms with van der Waals surface area (Å²) in [5.74, 6) is -0.629. The zero-order chi connectivity index (χ0) is 38.5. The van der Waals surface area contributed by atoms with Crippen molar-refractivity contribution in [1.29, 1.82) is 0 Å². The number of anilines is 2. The number of carbonyl (C=O) groups is 4. The van der Waals surface area contributed by atoms with Crippen molar-refractivity contribution in [3.8, 4) is 0 Å². The Kier molecular flexibility index (Phi) is 14.7. The van der Waals surface area contributed by atoms with E-state index in [0.29, 0.717) is 96.5 Å². The van der Waals surface area contributed by atoms with Gasteiger partial charge in [0.1, 0.15) is 0 Å². The molecule has 4 heterocycles. The molecule has 0 aliphatic carbocycles. The van der Waals surface area contributed by atoms with Gasteiger partial charge in [0.25, 0.3) is 0 Å². The number of amides is 4. The van der Waals surface area contributed by atoms with Crippen molar-refractivity contribution in [2.45, 2.75) is 13.1 Å². The van der Waals surface area contributed by atoms with E-state index in [-0.39, 0.29) is 37.5 Å². The SMILES string of the molecule is COC(=O)c1ccc(CN(C(=O)N2CCOCC2)c2cccc(Cl)c2)nc1.NCC(=O)c1ccc(CN(C(=O)N2CCOCC2)c2cccc(Cl)c2)nc1. The maximum absolute atomic E-state index is 13.1. The molecule has 0 unspecified atom stereocenters. The first kappa shape index (κ1) is 40.1. The van der Waals surface area contributed by atoms with E-state index in [1.54, 1.807) is 80.3 Å². The lowest BCUT2D eigenvalue weighted by atomic mass is 10.1. The number of pyridine rings is 2. The second-order valence-corrected chi connectivity index (χ2v) is 13.0. The first-order valence-corrected chi connectivity index (χ1v) is 17.9. The number of hydrogen-bond acceptors (Lipinski definition) is 10. The molecule has 2 aliphatic heterocycles. The molecule has 2 fully saturated rings. The summed E-state index contributed by atoms with van der Waals surface area (Å²) in [4.78, 5) is 64.7. The van der Waals surface area contributed by atoms with E-state index in [9.17, 15) is 19.2 Å². The normalized spacial score (nSPS) is 14.0. The largest absolute Gasteiger partial charge is 0.465 e. The third kappa shape index (κ3) is 11.0. The molecule has 0 radical (unpaired) electrons. The molecule has 284 valence electrons. The molecular formula is C38H41Cl2N7O7. The van der Waals surface area contributed by atoms with Crippen LogP contribution in [0.1, 0.15) is 32.1 Å². The van der Waals surface area contributed by atoms with Crippen molar-refractivity contribution < 1.29 is 33.4 Å². The molecule has 0 saturated carbocycles. The number of hydrogen-bond donors (Lipinski definition) is 1. The number of esters is 1. The fourth-order valence-electron chi connectivity index (χ4n) is 5.56. The number of aromatic nitrogens is 2. The summed E-state index contributed by atoms with van der Waals surface area (Å²) in [6, 6.07) is 20.7. The summed E-state index contributed by atoms with van der Waals surface area (Å²) in [6.45, 7) is 4.64. The van der Waals surface area contributed by atoms with Gasteiger partial charge in [0.15, 0.2) is 5.78 Å². The molecule has 2 aromatic carbocycles. The second kappa shape index (κ2) is 19.8. The first-order valence-electron chi connectivity index (χ1n) is 17.2. The Morgan fingerprint density at radius 2 is 1.15 bits per heavy atom. The van der Waals surface area contributed by atoms with Gasteiger partial charge in [0, 0.05) is 65.6 Å². The Hall–Kier alpha value is -5.12. The molecule has 0 atom stereocenters. The van der Waals surface area contributed by atoms with Crippen molar-refractivity contribution >= 4 is 58.4 Å². The van der Waals surface area contributed by atoms with E-state index >= 15 is 0 Å². The van der Waals surface area contributed by atoms with E-state index in [1.807, 2.05) is 12.1 Å². The number of ketones is 1. The summed E-state index contributed by atoms with van der Waals surface area (Å²) >= 11 is 12.2. The predicted molar refractivity (Wildman–Crippen MR) is 204 cm³/mol. The minimum absolute atomic E-state index is 0.0643. The third-order valence-corrected chi connectivity index (χ3v) is 8.95. The van der Waals surface area contributed by atoms with Gasteiger partial charge < -0.3 is 29.7 Å². The molecule has 2 aromatic heterocycles. The van der Waals surface area contributed by atoms with Crippen LogP contribution in [0, 0.1) is 0 Å². The number of nitrogens with zero attached hydrogens (tertiary/aromatic N) is 6. The highest BCUT2D eigenvalue weighted by Crippen LogP contribution is 2.25. The first-order chi connectivity index (χ1) is 26.2. The average molecular weight is 779 g/mol. The van der Waals surface area contributed by atoms with Gasteiger partial charge in [0.2, 0.25) is 0 Å². The highest BCUT2D eigenvalue weighted by Gasteiger charge is 2.26. The quantitative estimate of drug-likeness (QED) is 0.174. The standard InChI is InChI=1S/C19H21ClN4O3.C19H20ClN3O4/c20-15-2-1-3-17(10-15)24(19(26)23-6-8-27-9-7-23)13-16-5-4-14(12-22-16)18(25)11-21;1-26-18(24)14-5-6-16(21-12-14)13-23(17-4-2-3-15(20)11-17)19(25)22-7-9-27-10-8-22/h1-5,10,12H,6-9,11,13,21H2;2-6,11-12H,7-10,13H2,1H3. The highest BCUT2D eigenvalue weighted by molar-refractivity contribution is 6.31. The van der Waals surface area contributed by atoms with Gasteiger partial charge in [-0.1, -0.05) is 35.3 Å². The van der Waals surface area contributed by atoms with Gasteiger partial charge in [-0.05, 0) is 60.7 Å². The van der Waals surface area contributed by atoms with Crippen LogP contribution in [0.2, 0.25) is 10.0 Å². The summed E-state index contributed by atoms with van der Waals surface area (Å²) < 4.78 is 15.3. The molecule has 4 amide bonds. The number of methoxy groups -OCH3 is 1. The molecule has 0 spiro atoms. The Bertz CT molecular complexity index is 1750. The fraction of sp³-hybridized carbons (Fsp3) is 0.316. The summed E-state index contributed by atoms with van der Waals surface area (Å²) in [6.07, 6.45) is 2.93. The number of halogens is 2. The lowest BCUT2D eigenvalue weighted by Crippen LogP contribution is -2.48. The highest BCUT2D eigenvalue weighted by atomic mass is 35.5. The number of Topliss-reactive ketones (excluding diaryl/α,β-unsaturated/α-hetero) is 1. The van der Waals surface area contributed by atoms with Crippen LogP contribution in [0.4, 0.5) is 21.0 Å². The lowest BCUT2D eigenvalue weighted by Gasteiger charge is -2.33. The Morgan fingerprint density at radius 1 is 0.704 bits per heavy atom. The number of carbonyl (C=O) groups excluding carboxylic acids is 4. The zero-order valence-corrected chi connectivity index (χ0v) is 31.2. The Labute approximate surface area is 323 Å². The van der Waals surface area contributed by atoms with E-state index in [0.717, 1.165) is 0 Å². The van der Waals surface area contributed by atoms with Crippen LogP contribution in [-0.4, -0.2) is 110 Å². The minimum Gasteiger partial charge on any atom is -0.465 e. The molecule has 54 heavy (non-hydrogen) atoms. The number of urea groups is 2. The van der Waals surface area contributed by atoms with E-state index in [4.69, 9.17) is 38.4 Å². The van der Waals surface area contributed by atoms with Crippen molar-refractivity contribution in [1.82, 2.24) is 19.8 Å². The number of ether oxygens (including phenoxy) is 3. The number of rotatable bonds is 9. The third-order valence-electron chi connectivity index (χ3n) is 8.48. The molecule has 16 heteroatoms. The minimum atomic E-state index is -0.454. The van der Waals surface area contributed by atoms with Gasteiger partial charge in [0.05, 0.1) is 70.1 Å². The molecular weight excluding hydrogens is 737 g/mol. The molecule has 0 bridgehead atoms. The van der Waals surface area contributed by atoms with Crippen LogP contribution in [0.25, 0.3) is 0 Å². The van der Waals surface area contributed by atoms with E-state index in [1.165, 1.54) is 19.5 Å². The Morgan fingerprint density at radius 3 is 1.52 bits per heavy atom. The molecule has 6 rings (SSSR count). The molecule has 2 aliphatic rings. The van der Waals surface area contributed by atoms with Crippen molar-refractivity contribution in [2.75, 3.05) is 76.1 Å². The monoisotopic (exact) mass is 777 g/mol. The zero-order valence-electron chi connectivity index (χ0n) is 29.7. The van der Waals surface area contributed by atoms with Gasteiger partial charge >= 0.3 is 18.0 Å². The number of nitrogens with two attached hydrogens (primary N) is 1. The molecule has 2 N–H and O–H groups in total. The molecule has 2 saturated heterocycles. The topological polar surface area (TPSA) is 161 Å². The average Bonchev–Trinajstić information content (AvgIpc) is 3.22. The van der Waals surface area contributed by atoms with Crippen LogP contribution in [0.5, 0.6) is 0 Å². The maximum atomic E-state index is 13.1. The van der Waals surface area contributed by atoms with Crippen LogP contribution in [0.15, 0.2) is 85.2 Å². The van der Waals surface area contributed by atoms with Gasteiger partial charge in [-0.2, -0.15) is 0 Å². The van der Waals surface area contributed by atoms with Crippen molar-refractivity contribution in [2.24, 2.45) is 5.73 Å². The maximum Gasteiger partial charge on any atom is 0.339 e. The van der Waals surface area contributed by atoms with Crippen LogP contribution in [-0.2, 0) is 27.3 Å². The second-order valence-electron chi connectivity index (χ2n) is 12.1. The van der Waals surface area contributed by atoms with E-state index in [2.05, 4.69) is 14.7 Å². The summed E-state index contributed by atoms with van der Waals surface area (Å²) in [5, 5.41) is 1.09. The van der Waals surface area contributed by atoms with Gasteiger partial charge in [-0.3, -0.25) is 24.6 Å². The summed E-state index contributed by atoms with van der Waals surface area (Å²) in [5.41, 5.74) is 8.85. The Balaban J connectivity index is 0.000000208. The number of benzene rings is 2. The van der Waals surface area contributed by atoms with Gasteiger partial charge in [-0.25, -0.2) is 14.4 Å². The predicted octanol–water partition coefficient (Wildman–Crippen LogP) is 5.32.